The van der Waals surface area contributed by atoms with Gasteiger partial charge in [0.15, 0.2) is 0 Å². The fourth-order valence-electron chi connectivity index (χ4n) is 6.89. The third kappa shape index (κ3) is 11.0. The Morgan fingerprint density at radius 3 is 1.97 bits per heavy atom. The largest absolute Gasteiger partial charge is 0.337 e. The molecule has 0 aromatic heterocycles. The van der Waals surface area contributed by atoms with Crippen LogP contribution < -0.4 is 0 Å². The summed E-state index contributed by atoms with van der Waals surface area (Å²) >= 11 is 0. The quantitative estimate of drug-likeness (QED) is 0.100. The van der Waals surface area contributed by atoms with E-state index in [1.54, 1.807) is 0 Å². The van der Waals surface area contributed by atoms with Crippen molar-refractivity contribution in [3.8, 4) is 0 Å². The Kier molecular flexibility index (Phi) is 16.3. The molecule has 2 heteroatoms. The van der Waals surface area contributed by atoms with Crippen molar-refractivity contribution in [2.24, 2.45) is 23.7 Å². The second-order valence-electron chi connectivity index (χ2n) is 12.6. The number of allylic oxidation sites excluding steroid dienone is 5. The van der Waals surface area contributed by atoms with E-state index in [1.165, 1.54) is 57.8 Å². The molecule has 0 N–H and O–H groups in total. The van der Waals surface area contributed by atoms with Gasteiger partial charge < -0.3 is 4.81 Å². The smallest absolute Gasteiger partial charge is 0.230 e. The van der Waals surface area contributed by atoms with Crippen LogP contribution in [0.3, 0.4) is 0 Å². The highest BCUT2D eigenvalue weighted by atomic mass is 15.1. The Bertz CT molecular complexity index is 598. The molecule has 1 nitrogen and oxygen atoms in total. The Labute approximate surface area is 222 Å². The molecule has 0 radical (unpaired) electrons. The molecule has 6 unspecified atom stereocenters. The molecule has 6 atom stereocenters. The molecule has 0 saturated carbocycles. The predicted molar refractivity (Wildman–Crippen MR) is 162 cm³/mol. The van der Waals surface area contributed by atoms with Crippen molar-refractivity contribution in [2.75, 3.05) is 0 Å². The third-order valence-electron chi connectivity index (χ3n) is 8.88. The van der Waals surface area contributed by atoms with E-state index in [1.807, 2.05) is 0 Å². The van der Waals surface area contributed by atoms with Crippen molar-refractivity contribution < 1.29 is 0 Å². The van der Waals surface area contributed by atoms with Gasteiger partial charge in [0.1, 0.15) is 0 Å². The topological polar surface area (TPSA) is 3.24 Å². The van der Waals surface area contributed by atoms with E-state index in [-0.39, 0.29) is 0 Å². The lowest BCUT2D eigenvalue weighted by Gasteiger charge is -2.46. The average molecular weight is 484 g/mol. The average Bonchev–Trinajstić information content (AvgIpc) is 2.82. The summed E-state index contributed by atoms with van der Waals surface area (Å²) in [6, 6.07) is 1.14. The Morgan fingerprint density at radius 2 is 1.40 bits per heavy atom. The maximum Gasteiger partial charge on any atom is 0.230 e. The zero-order valence-corrected chi connectivity index (χ0v) is 25.3. The summed E-state index contributed by atoms with van der Waals surface area (Å²) in [6.45, 7) is 26.6. The fraction of sp³-hybridized carbons (Fsp3) is 0.818. The SMILES string of the molecule is C=CCCCC(C)C1C=CC=CC1C(C)B(C(C)CCC(C)CCCCCC)N(C(C)C)C(C)C. The van der Waals surface area contributed by atoms with Gasteiger partial charge in [0, 0.05) is 0 Å². The van der Waals surface area contributed by atoms with Crippen molar-refractivity contribution in [3.63, 3.8) is 0 Å². The number of nitrogens with zero attached hydrogens (tertiary/aromatic N) is 1. The molecule has 0 aromatic carbocycles. The number of rotatable bonds is 19. The van der Waals surface area contributed by atoms with Crippen LogP contribution in [-0.2, 0) is 0 Å². The van der Waals surface area contributed by atoms with Crippen molar-refractivity contribution in [1.82, 2.24) is 4.81 Å². The lowest BCUT2D eigenvalue weighted by atomic mass is 9.37. The lowest BCUT2D eigenvalue weighted by Crippen LogP contribution is -2.53. The summed E-state index contributed by atoms with van der Waals surface area (Å²) in [6.07, 6.45) is 25.2. The van der Waals surface area contributed by atoms with Crippen LogP contribution in [0.4, 0.5) is 0 Å². The van der Waals surface area contributed by atoms with Crippen molar-refractivity contribution in [2.45, 2.75) is 150 Å². The third-order valence-corrected chi connectivity index (χ3v) is 8.88. The van der Waals surface area contributed by atoms with Gasteiger partial charge in [-0.2, -0.15) is 0 Å². The van der Waals surface area contributed by atoms with Gasteiger partial charge in [0.25, 0.3) is 0 Å². The molecule has 0 bridgehead atoms. The van der Waals surface area contributed by atoms with E-state index >= 15 is 0 Å². The van der Waals surface area contributed by atoms with Crippen LogP contribution in [0.5, 0.6) is 0 Å². The maximum absolute atomic E-state index is 3.93. The molecule has 35 heavy (non-hydrogen) atoms. The van der Waals surface area contributed by atoms with E-state index in [9.17, 15) is 0 Å². The fourth-order valence-corrected chi connectivity index (χ4v) is 6.89. The molecule has 0 fully saturated rings. The van der Waals surface area contributed by atoms with Gasteiger partial charge >= 0.3 is 0 Å². The van der Waals surface area contributed by atoms with E-state index in [0.29, 0.717) is 48.3 Å². The monoisotopic (exact) mass is 483 g/mol. The van der Waals surface area contributed by atoms with Crippen LogP contribution in [0.1, 0.15) is 127 Å². The zero-order chi connectivity index (χ0) is 26.4. The molecule has 1 aliphatic carbocycles. The van der Waals surface area contributed by atoms with Crippen molar-refractivity contribution >= 4 is 6.85 Å². The number of hydrogen-bond donors (Lipinski definition) is 0. The summed E-state index contributed by atoms with van der Waals surface area (Å²) in [5, 5.41) is 0. The molecular weight excluding hydrogens is 421 g/mol. The predicted octanol–water partition coefficient (Wildman–Crippen LogP) is 10.6. The Hall–Kier alpha value is -0.755. The molecule has 1 rings (SSSR count). The summed E-state index contributed by atoms with van der Waals surface area (Å²) in [5.74, 6) is 4.19. The first-order valence-electron chi connectivity index (χ1n) is 15.4. The molecule has 0 amide bonds. The minimum atomic E-state index is 0.572. The van der Waals surface area contributed by atoms with Crippen molar-refractivity contribution in [3.05, 3.63) is 37.0 Å². The van der Waals surface area contributed by atoms with Gasteiger partial charge in [-0.05, 0) is 66.7 Å². The summed E-state index contributed by atoms with van der Waals surface area (Å²) in [4.78, 5) is 2.85. The van der Waals surface area contributed by atoms with Gasteiger partial charge in [-0.15, -0.1) is 6.58 Å². The minimum absolute atomic E-state index is 0.572. The molecule has 202 valence electrons. The summed E-state index contributed by atoms with van der Waals surface area (Å²) in [5.41, 5.74) is 0. The van der Waals surface area contributed by atoms with Gasteiger partial charge in [-0.3, -0.25) is 0 Å². The van der Waals surface area contributed by atoms with Gasteiger partial charge in [0.2, 0.25) is 6.85 Å². The highest BCUT2D eigenvalue weighted by Gasteiger charge is 2.42. The highest BCUT2D eigenvalue weighted by Crippen LogP contribution is 2.43. The van der Waals surface area contributed by atoms with Crippen LogP contribution >= 0.6 is 0 Å². The van der Waals surface area contributed by atoms with Crippen LogP contribution in [0.2, 0.25) is 11.6 Å². The molecular formula is C33H62BN. The van der Waals surface area contributed by atoms with Crippen LogP contribution in [0.15, 0.2) is 37.0 Å². The number of hydrogen-bond acceptors (Lipinski definition) is 1. The highest BCUT2D eigenvalue weighted by molar-refractivity contribution is 6.59. The van der Waals surface area contributed by atoms with E-state index in [2.05, 4.69) is 104 Å². The second-order valence-corrected chi connectivity index (χ2v) is 12.6. The first-order valence-corrected chi connectivity index (χ1v) is 15.4. The molecule has 0 spiro atoms. The Balaban J connectivity index is 3.02. The van der Waals surface area contributed by atoms with Crippen molar-refractivity contribution in [1.29, 1.82) is 0 Å². The summed E-state index contributed by atoms with van der Waals surface area (Å²) in [7, 11) is 0. The van der Waals surface area contributed by atoms with Crippen LogP contribution in [0.25, 0.3) is 0 Å². The molecule has 0 heterocycles. The second kappa shape index (κ2) is 17.7. The normalized spacial score (nSPS) is 21.5. The zero-order valence-electron chi connectivity index (χ0n) is 25.3. The van der Waals surface area contributed by atoms with E-state index < -0.39 is 0 Å². The molecule has 0 saturated heterocycles. The standard InChI is InChI=1S/C33H62BN/c1-11-13-15-17-20-28(7)24-25-30(9)34(35(26(3)4)27(5)6)31(10)33-23-19-18-22-32(33)29(8)21-16-14-12-2/h12,18-19,22-23,26-33H,2,11,13-17,20-21,24-25H2,1,3-10H3. The van der Waals surface area contributed by atoms with Crippen LogP contribution in [-0.4, -0.2) is 23.7 Å². The van der Waals surface area contributed by atoms with Gasteiger partial charge in [-0.1, -0.05) is 138 Å². The minimum Gasteiger partial charge on any atom is -0.337 e. The number of unbranched alkanes of at least 4 members (excludes halogenated alkanes) is 4. The first-order chi connectivity index (χ1) is 16.6. The maximum atomic E-state index is 3.93. The van der Waals surface area contributed by atoms with Gasteiger partial charge in [0.05, 0.1) is 0 Å². The lowest BCUT2D eigenvalue weighted by molar-refractivity contribution is 0.266. The van der Waals surface area contributed by atoms with Crippen LogP contribution in [0, 0.1) is 23.7 Å². The summed E-state index contributed by atoms with van der Waals surface area (Å²) < 4.78 is 0. The molecule has 1 aliphatic rings. The Morgan fingerprint density at radius 1 is 0.771 bits per heavy atom. The van der Waals surface area contributed by atoms with E-state index in [0.717, 1.165) is 12.3 Å². The van der Waals surface area contributed by atoms with Gasteiger partial charge in [-0.25, -0.2) is 0 Å². The molecule has 0 aromatic rings. The van der Waals surface area contributed by atoms with E-state index in [4.69, 9.17) is 0 Å². The first kappa shape index (κ1) is 32.3. The molecule has 0 aliphatic heterocycles.